The van der Waals surface area contributed by atoms with Gasteiger partial charge in [0.25, 0.3) is 0 Å². The summed E-state index contributed by atoms with van der Waals surface area (Å²) in [5, 5.41) is 14.3. The zero-order valence-corrected chi connectivity index (χ0v) is 14.5. The Balaban J connectivity index is 1.84. The number of nitrogens with zero attached hydrogens (tertiary/aromatic N) is 3. The number of carbonyl (C=O) groups excluding carboxylic acids is 1. The van der Waals surface area contributed by atoms with Gasteiger partial charge in [-0.2, -0.15) is 13.2 Å². The van der Waals surface area contributed by atoms with E-state index in [1.54, 1.807) is 0 Å². The summed E-state index contributed by atoms with van der Waals surface area (Å²) in [4.78, 5) is 12.4. The summed E-state index contributed by atoms with van der Waals surface area (Å²) in [6.07, 6.45) is -3.56. The minimum Gasteiger partial charge on any atom is -0.345 e. The molecule has 0 bridgehead atoms. The Kier molecular flexibility index (Phi) is 4.78. The molecule has 1 aliphatic heterocycles. The third-order valence-corrected chi connectivity index (χ3v) is 4.94. The van der Waals surface area contributed by atoms with Crippen LogP contribution in [0.5, 0.6) is 0 Å². The predicted molar refractivity (Wildman–Crippen MR) is 84.7 cm³/mol. The van der Waals surface area contributed by atoms with Gasteiger partial charge in [-0.05, 0) is 25.2 Å². The largest absolute Gasteiger partial charge is 0.403 e. The second-order valence-corrected chi connectivity index (χ2v) is 7.36. The fourth-order valence-electron chi connectivity index (χ4n) is 3.31. The molecule has 140 valence electrons. The van der Waals surface area contributed by atoms with Gasteiger partial charge >= 0.3 is 6.18 Å². The first-order valence-electron chi connectivity index (χ1n) is 8.75. The van der Waals surface area contributed by atoms with E-state index in [9.17, 15) is 18.0 Å². The van der Waals surface area contributed by atoms with Gasteiger partial charge in [0.1, 0.15) is 11.2 Å². The highest BCUT2D eigenvalue weighted by Gasteiger charge is 2.68. The molecule has 3 rings (SSSR count). The minimum atomic E-state index is -4.51. The van der Waals surface area contributed by atoms with Crippen molar-refractivity contribution in [3.8, 4) is 0 Å². The molecule has 1 aromatic heterocycles. The number of aromatic nitrogens is 3. The summed E-state index contributed by atoms with van der Waals surface area (Å²) >= 11 is 0. The highest BCUT2D eigenvalue weighted by Crippen LogP contribution is 2.58. The fourth-order valence-corrected chi connectivity index (χ4v) is 3.31. The van der Waals surface area contributed by atoms with Gasteiger partial charge in [0, 0.05) is 26.1 Å². The van der Waals surface area contributed by atoms with E-state index in [1.165, 1.54) is 0 Å². The van der Waals surface area contributed by atoms with E-state index >= 15 is 0 Å². The standard InChI is InChI=1S/C16H24F3N5O/c1-10(2)9-11(21-14(25)15(4-5-15)16(17,18)19)13-23-22-12-3-6-20-7-8-24(12)13/h10-11,20H,3-9H2,1-2H3,(H,21,25)/t11-/m0/s1. The summed E-state index contributed by atoms with van der Waals surface area (Å²) in [6.45, 7) is 6.12. The Hall–Kier alpha value is -1.64. The van der Waals surface area contributed by atoms with E-state index in [0.29, 0.717) is 25.2 Å². The molecule has 0 spiro atoms. The normalized spacial score (nSPS) is 20.7. The molecule has 1 amide bonds. The topological polar surface area (TPSA) is 71.8 Å². The van der Waals surface area contributed by atoms with E-state index in [-0.39, 0.29) is 18.8 Å². The molecule has 0 aromatic carbocycles. The van der Waals surface area contributed by atoms with E-state index in [4.69, 9.17) is 0 Å². The quantitative estimate of drug-likeness (QED) is 0.843. The first-order chi connectivity index (χ1) is 11.7. The van der Waals surface area contributed by atoms with Gasteiger partial charge in [-0.3, -0.25) is 4.79 Å². The molecular formula is C16H24F3N5O. The lowest BCUT2D eigenvalue weighted by Gasteiger charge is -2.25. The van der Waals surface area contributed by atoms with Gasteiger partial charge in [0.15, 0.2) is 5.82 Å². The summed E-state index contributed by atoms with van der Waals surface area (Å²) in [7, 11) is 0. The molecule has 0 radical (unpaired) electrons. The predicted octanol–water partition coefficient (Wildman–Crippen LogP) is 1.97. The number of nitrogens with one attached hydrogen (secondary N) is 2. The Morgan fingerprint density at radius 2 is 2.04 bits per heavy atom. The second kappa shape index (κ2) is 6.59. The molecule has 1 atom stereocenters. The van der Waals surface area contributed by atoms with Crippen LogP contribution in [-0.4, -0.2) is 39.9 Å². The van der Waals surface area contributed by atoms with Crippen molar-refractivity contribution in [1.82, 2.24) is 25.4 Å². The van der Waals surface area contributed by atoms with Crippen LogP contribution in [0.25, 0.3) is 0 Å². The van der Waals surface area contributed by atoms with Gasteiger partial charge in [0.2, 0.25) is 5.91 Å². The summed E-state index contributed by atoms with van der Waals surface area (Å²) in [5.41, 5.74) is -2.22. The molecule has 1 aliphatic carbocycles. The Labute approximate surface area is 144 Å². The number of halogens is 3. The molecular weight excluding hydrogens is 335 g/mol. The fraction of sp³-hybridized carbons (Fsp3) is 0.812. The van der Waals surface area contributed by atoms with Crippen molar-refractivity contribution < 1.29 is 18.0 Å². The Morgan fingerprint density at radius 1 is 1.32 bits per heavy atom. The van der Waals surface area contributed by atoms with Crippen molar-refractivity contribution in [3.63, 3.8) is 0 Å². The minimum absolute atomic E-state index is 0.140. The first kappa shape index (κ1) is 18.2. The molecule has 2 aliphatic rings. The summed E-state index contributed by atoms with van der Waals surface area (Å²) in [5.74, 6) is 0.622. The molecule has 2 N–H and O–H groups in total. The highest BCUT2D eigenvalue weighted by molar-refractivity contribution is 5.86. The molecule has 1 fully saturated rings. The molecule has 25 heavy (non-hydrogen) atoms. The van der Waals surface area contributed by atoms with Crippen LogP contribution in [0.2, 0.25) is 0 Å². The van der Waals surface area contributed by atoms with Crippen molar-refractivity contribution in [1.29, 1.82) is 0 Å². The van der Waals surface area contributed by atoms with Crippen LogP contribution in [0.4, 0.5) is 13.2 Å². The molecule has 1 aromatic rings. The summed E-state index contributed by atoms with van der Waals surface area (Å²) < 4.78 is 41.6. The Bertz CT molecular complexity index is 636. The number of carbonyl (C=O) groups is 1. The third-order valence-electron chi connectivity index (χ3n) is 4.94. The lowest BCUT2D eigenvalue weighted by Crippen LogP contribution is -2.43. The summed E-state index contributed by atoms with van der Waals surface area (Å²) in [6, 6.07) is -0.563. The van der Waals surface area contributed by atoms with Gasteiger partial charge in [-0.15, -0.1) is 10.2 Å². The van der Waals surface area contributed by atoms with Crippen molar-refractivity contribution in [2.24, 2.45) is 11.3 Å². The van der Waals surface area contributed by atoms with Gasteiger partial charge in [-0.1, -0.05) is 13.8 Å². The molecule has 6 nitrogen and oxygen atoms in total. The number of fused-ring (bicyclic) bond motifs is 1. The first-order valence-corrected chi connectivity index (χ1v) is 8.75. The van der Waals surface area contributed by atoms with Gasteiger partial charge in [0.05, 0.1) is 6.04 Å². The monoisotopic (exact) mass is 359 g/mol. The lowest BCUT2D eigenvalue weighted by atomic mass is 10.00. The van der Waals surface area contributed by atoms with Crippen LogP contribution in [0.1, 0.15) is 50.8 Å². The Morgan fingerprint density at radius 3 is 2.64 bits per heavy atom. The van der Waals surface area contributed by atoms with E-state index in [2.05, 4.69) is 20.8 Å². The number of hydrogen-bond donors (Lipinski definition) is 2. The smallest absolute Gasteiger partial charge is 0.345 e. The SMILES string of the molecule is CC(C)C[C@H](NC(=O)C1(C(F)(F)F)CC1)c1nnc2n1CCNCC2. The number of rotatable bonds is 5. The van der Waals surface area contributed by atoms with Crippen LogP contribution in [0.3, 0.4) is 0 Å². The van der Waals surface area contributed by atoms with Gasteiger partial charge < -0.3 is 15.2 Å². The maximum Gasteiger partial charge on any atom is 0.403 e. The van der Waals surface area contributed by atoms with Crippen LogP contribution >= 0.6 is 0 Å². The molecule has 9 heteroatoms. The van der Waals surface area contributed by atoms with Crippen molar-refractivity contribution in [2.45, 2.75) is 58.3 Å². The van der Waals surface area contributed by atoms with E-state index < -0.39 is 23.5 Å². The molecule has 1 saturated carbocycles. The average molecular weight is 359 g/mol. The molecule has 2 heterocycles. The van der Waals surface area contributed by atoms with Crippen molar-refractivity contribution >= 4 is 5.91 Å². The highest BCUT2D eigenvalue weighted by atomic mass is 19.4. The number of amides is 1. The van der Waals surface area contributed by atoms with Crippen LogP contribution in [-0.2, 0) is 17.8 Å². The lowest BCUT2D eigenvalue weighted by molar-refractivity contribution is -0.192. The third kappa shape index (κ3) is 3.51. The van der Waals surface area contributed by atoms with E-state index in [0.717, 1.165) is 18.9 Å². The van der Waals surface area contributed by atoms with Crippen LogP contribution in [0, 0.1) is 11.3 Å². The van der Waals surface area contributed by atoms with E-state index in [1.807, 2.05) is 18.4 Å². The number of alkyl halides is 3. The molecule has 0 saturated heterocycles. The van der Waals surface area contributed by atoms with Crippen molar-refractivity contribution in [3.05, 3.63) is 11.6 Å². The van der Waals surface area contributed by atoms with Crippen LogP contribution in [0.15, 0.2) is 0 Å². The number of hydrogen-bond acceptors (Lipinski definition) is 4. The van der Waals surface area contributed by atoms with Gasteiger partial charge in [-0.25, -0.2) is 0 Å². The van der Waals surface area contributed by atoms with Crippen LogP contribution < -0.4 is 10.6 Å². The second-order valence-electron chi connectivity index (χ2n) is 7.36. The average Bonchev–Trinajstić information content (AvgIpc) is 3.28. The maximum atomic E-state index is 13.2. The maximum absolute atomic E-state index is 13.2. The zero-order chi connectivity index (χ0) is 18.2. The van der Waals surface area contributed by atoms with Crippen molar-refractivity contribution in [2.75, 3.05) is 13.1 Å². The molecule has 0 unspecified atom stereocenters. The zero-order valence-electron chi connectivity index (χ0n) is 14.5.